The number of nitrogens with zero attached hydrogens (tertiary/aromatic N) is 2. The average molecular weight is 593 g/mol. The molecule has 2 aliphatic carbocycles. The van der Waals surface area contributed by atoms with Gasteiger partial charge in [0.05, 0.1) is 19.9 Å². The maximum absolute atomic E-state index is 2.78. The van der Waals surface area contributed by atoms with Gasteiger partial charge in [-0.15, -0.1) is 0 Å². The fraction of sp³-hybridized carbons (Fsp3) is 0.317. The number of rotatable bonds is 6. The van der Waals surface area contributed by atoms with Gasteiger partial charge in [-0.1, -0.05) is 87.6 Å². The summed E-state index contributed by atoms with van der Waals surface area (Å²) in [6.45, 7) is 14.7. The van der Waals surface area contributed by atoms with Crippen molar-refractivity contribution < 1.29 is 9.13 Å². The van der Waals surface area contributed by atoms with Crippen LogP contribution in [0.1, 0.15) is 79.0 Å². The lowest BCUT2D eigenvalue weighted by atomic mass is 9.67. The van der Waals surface area contributed by atoms with Crippen molar-refractivity contribution in [1.82, 2.24) is 0 Å². The molecule has 5 aromatic rings. The number of aryl methyl sites for hydroxylation is 1. The van der Waals surface area contributed by atoms with Crippen LogP contribution in [0.3, 0.4) is 0 Å². The largest absolute Gasteiger partial charge is 0.217 e. The quantitative estimate of drug-likeness (QED) is 0.137. The van der Waals surface area contributed by atoms with Gasteiger partial charge in [-0.05, 0) is 58.5 Å². The molecule has 0 radical (unpaired) electrons. The molecular formula is C41H44N2Si+2. The summed E-state index contributed by atoms with van der Waals surface area (Å²) in [5.41, 5.74) is 17.7. The van der Waals surface area contributed by atoms with Crippen molar-refractivity contribution in [2.45, 2.75) is 84.0 Å². The van der Waals surface area contributed by atoms with Crippen molar-refractivity contribution in [2.75, 3.05) is 0 Å². The molecule has 3 heteroatoms. The molecule has 0 bridgehead atoms. The van der Waals surface area contributed by atoms with Gasteiger partial charge in [-0.2, -0.15) is 9.13 Å². The Morgan fingerprint density at radius 3 is 2.30 bits per heavy atom. The van der Waals surface area contributed by atoms with Gasteiger partial charge < -0.3 is 0 Å². The zero-order chi connectivity index (χ0) is 30.3. The minimum atomic E-state index is -1.02. The summed E-state index contributed by atoms with van der Waals surface area (Å²) in [6.07, 6.45) is 9.17. The fourth-order valence-corrected chi connectivity index (χ4v) is 10.9. The molecule has 2 aromatic heterocycles. The predicted molar refractivity (Wildman–Crippen MR) is 184 cm³/mol. The first kappa shape index (κ1) is 27.7. The van der Waals surface area contributed by atoms with Gasteiger partial charge in [-0.3, -0.25) is 0 Å². The highest BCUT2D eigenvalue weighted by Crippen LogP contribution is 2.54. The summed E-state index contributed by atoms with van der Waals surface area (Å²) >= 11 is 0. The second kappa shape index (κ2) is 10.1. The van der Waals surface area contributed by atoms with E-state index in [0.29, 0.717) is 5.92 Å². The van der Waals surface area contributed by atoms with Crippen LogP contribution in [-0.2, 0) is 18.4 Å². The van der Waals surface area contributed by atoms with Gasteiger partial charge >= 0.3 is 0 Å². The summed E-state index contributed by atoms with van der Waals surface area (Å²) < 4.78 is 5.44. The third-order valence-corrected chi connectivity index (χ3v) is 13.3. The molecule has 0 saturated carbocycles. The highest BCUT2D eigenvalue weighted by Gasteiger charge is 2.58. The molecule has 220 valence electrons. The number of benzene rings is 3. The first-order chi connectivity index (χ1) is 21.4. The molecule has 0 spiro atoms. The van der Waals surface area contributed by atoms with Crippen molar-refractivity contribution in [3.05, 3.63) is 125 Å². The first-order valence-electron chi connectivity index (χ1n) is 16.8. The molecule has 3 heterocycles. The minimum Gasteiger partial charge on any atom is -0.195 e. The van der Waals surface area contributed by atoms with Crippen LogP contribution >= 0.6 is 0 Å². The van der Waals surface area contributed by atoms with Gasteiger partial charge in [0.2, 0.25) is 11.4 Å². The van der Waals surface area contributed by atoms with E-state index in [0.717, 1.165) is 25.7 Å². The summed E-state index contributed by atoms with van der Waals surface area (Å²) in [5.74, 6) is 0.339. The van der Waals surface area contributed by atoms with Crippen LogP contribution in [0.5, 0.6) is 0 Å². The van der Waals surface area contributed by atoms with Crippen molar-refractivity contribution in [2.24, 2.45) is 0 Å². The summed E-state index contributed by atoms with van der Waals surface area (Å²) in [7, 11) is -1.02. The molecule has 3 aliphatic rings. The van der Waals surface area contributed by atoms with Crippen LogP contribution in [0.4, 0.5) is 0 Å². The molecule has 0 fully saturated rings. The second-order valence-electron chi connectivity index (χ2n) is 13.8. The van der Waals surface area contributed by atoms with Crippen LogP contribution in [0.15, 0.2) is 91.3 Å². The highest BCUT2D eigenvalue weighted by atomic mass is 28.3. The molecular weight excluding hydrogens is 549 g/mol. The summed E-state index contributed by atoms with van der Waals surface area (Å²) in [5, 5.41) is 1.65. The van der Waals surface area contributed by atoms with E-state index in [2.05, 4.69) is 141 Å². The van der Waals surface area contributed by atoms with Crippen LogP contribution in [-0.4, -0.2) is 8.80 Å². The second-order valence-corrected chi connectivity index (χ2v) is 16.8. The highest BCUT2D eigenvalue weighted by molar-refractivity contribution is 6.71. The zero-order valence-corrected chi connectivity index (χ0v) is 28.3. The Hall–Kier alpha value is -3.82. The molecule has 8 rings (SSSR count). The van der Waals surface area contributed by atoms with E-state index >= 15 is 0 Å². The molecule has 44 heavy (non-hydrogen) atoms. The van der Waals surface area contributed by atoms with E-state index in [-0.39, 0.29) is 11.6 Å². The molecule has 0 amide bonds. The van der Waals surface area contributed by atoms with E-state index in [1.807, 2.05) is 0 Å². The van der Waals surface area contributed by atoms with Gasteiger partial charge in [0, 0.05) is 48.9 Å². The molecule has 1 aliphatic heterocycles. The zero-order valence-electron chi connectivity index (χ0n) is 27.1. The Balaban J connectivity index is 1.41. The maximum atomic E-state index is 2.78. The van der Waals surface area contributed by atoms with Crippen molar-refractivity contribution in [3.8, 4) is 33.6 Å². The van der Waals surface area contributed by atoms with E-state index in [4.69, 9.17) is 0 Å². The van der Waals surface area contributed by atoms with Crippen LogP contribution in [0.2, 0.25) is 13.1 Å². The third kappa shape index (κ3) is 3.65. The minimum absolute atomic E-state index is 0.00761. The lowest BCUT2D eigenvalue weighted by Crippen LogP contribution is -2.65. The molecule has 2 atom stereocenters. The molecule has 2 nitrogen and oxygen atoms in total. The smallest absolute Gasteiger partial charge is 0.195 e. The average Bonchev–Trinajstić information content (AvgIpc) is 3.64. The molecule has 0 N–H and O–H groups in total. The fourth-order valence-electron chi connectivity index (χ4n) is 9.54. The Kier molecular flexibility index (Phi) is 6.36. The van der Waals surface area contributed by atoms with Gasteiger partial charge in [-0.25, -0.2) is 0 Å². The lowest BCUT2D eigenvalue weighted by Gasteiger charge is -2.41. The van der Waals surface area contributed by atoms with Crippen LogP contribution < -0.4 is 14.3 Å². The van der Waals surface area contributed by atoms with E-state index in [9.17, 15) is 0 Å². The van der Waals surface area contributed by atoms with Crippen LogP contribution in [0.25, 0.3) is 33.6 Å². The SMILES string of the molecule is CCC1(CC)C(C(C)[n+]2cccc3c2-c2c(C)cccc2C3)c2ccc(-c3ccccc3)c3c2-c2c(c([SiH](C)C)cc[n+]21)C3. The topological polar surface area (TPSA) is 7.76 Å². The molecule has 0 saturated heterocycles. The number of hydrogen-bond donors (Lipinski definition) is 0. The Labute approximate surface area is 264 Å². The maximum Gasteiger partial charge on any atom is 0.217 e. The van der Waals surface area contributed by atoms with Gasteiger partial charge in [0.25, 0.3) is 0 Å². The van der Waals surface area contributed by atoms with Gasteiger partial charge in [0.15, 0.2) is 24.0 Å². The Bertz CT molecular complexity index is 1950. The summed E-state index contributed by atoms with van der Waals surface area (Å²) in [6, 6.07) is 30.4. The van der Waals surface area contributed by atoms with Crippen molar-refractivity contribution in [3.63, 3.8) is 0 Å². The number of aromatic nitrogens is 2. The van der Waals surface area contributed by atoms with Crippen molar-refractivity contribution >= 4 is 14.0 Å². The normalized spacial score (nSPS) is 17.4. The first-order valence-corrected chi connectivity index (χ1v) is 19.7. The number of hydrogen-bond acceptors (Lipinski definition) is 0. The number of pyridine rings is 2. The van der Waals surface area contributed by atoms with Crippen molar-refractivity contribution in [1.29, 1.82) is 0 Å². The molecule has 2 unspecified atom stereocenters. The van der Waals surface area contributed by atoms with E-state index in [1.54, 1.807) is 21.9 Å². The van der Waals surface area contributed by atoms with E-state index in [1.165, 1.54) is 50.3 Å². The predicted octanol–water partition coefficient (Wildman–Crippen LogP) is 7.95. The van der Waals surface area contributed by atoms with Crippen LogP contribution in [0, 0.1) is 6.92 Å². The number of fused-ring (bicyclic) bond motifs is 3. The lowest BCUT2D eigenvalue weighted by molar-refractivity contribution is -0.784. The monoisotopic (exact) mass is 592 g/mol. The summed E-state index contributed by atoms with van der Waals surface area (Å²) in [4.78, 5) is 0. The third-order valence-electron chi connectivity index (χ3n) is 11.5. The van der Waals surface area contributed by atoms with Gasteiger partial charge in [0.1, 0.15) is 5.92 Å². The standard InChI is InChI=1S/C41H44N2Si/c1-7-41(8-2)38(27(4)42-22-13-18-30-24-29-17-12-14-26(3)36(29)39(30)42)32-20-19-31(28-15-10-9-11-16-28)33-25-34-35(44(5)6)21-23-43(41)40(34)37(32)33/h9-23,27,38,44H,7-8,24-25H2,1-6H3/q+2. The molecule has 3 aromatic carbocycles. The Morgan fingerprint density at radius 1 is 0.773 bits per heavy atom. The van der Waals surface area contributed by atoms with E-state index < -0.39 is 8.80 Å². The Morgan fingerprint density at radius 2 is 1.55 bits per heavy atom.